The van der Waals surface area contributed by atoms with Crippen molar-refractivity contribution in [2.24, 2.45) is 0 Å². The first-order valence-electron chi connectivity index (χ1n) is 6.02. The van der Waals surface area contributed by atoms with Crippen molar-refractivity contribution in [2.75, 3.05) is 33.3 Å². The van der Waals surface area contributed by atoms with Gasteiger partial charge in [-0.05, 0) is 5.16 Å². The maximum absolute atomic E-state index is 11.5. The molecule has 2 aliphatic heterocycles. The van der Waals surface area contributed by atoms with Gasteiger partial charge in [0.05, 0.1) is 19.7 Å². The van der Waals surface area contributed by atoms with Crippen LogP contribution >= 0.6 is 0 Å². The number of hydrogen-bond acceptors (Lipinski definition) is 5. The highest BCUT2D eigenvalue weighted by Crippen LogP contribution is 2.20. The lowest BCUT2D eigenvalue weighted by Gasteiger charge is -2.42. The number of hydrogen-bond donors (Lipinski definition) is 1. The van der Waals surface area contributed by atoms with Gasteiger partial charge in [0.15, 0.2) is 5.76 Å². The number of amides is 2. The summed E-state index contributed by atoms with van der Waals surface area (Å²) in [6, 6.07) is 2.17. The molecule has 0 atom stereocenters. The van der Waals surface area contributed by atoms with E-state index in [0.717, 1.165) is 31.9 Å². The van der Waals surface area contributed by atoms with Crippen molar-refractivity contribution < 1.29 is 14.1 Å². The first kappa shape index (κ1) is 11.3. The van der Waals surface area contributed by atoms with E-state index in [1.54, 1.807) is 13.2 Å². The van der Waals surface area contributed by atoms with Crippen LogP contribution in [0.2, 0.25) is 0 Å². The second-order valence-electron chi connectivity index (χ2n) is 4.61. The Hall–Kier alpha value is -1.76. The van der Waals surface area contributed by atoms with Crippen LogP contribution in [-0.4, -0.2) is 60.3 Å². The van der Waals surface area contributed by atoms with E-state index in [1.807, 2.05) is 4.90 Å². The molecule has 0 bridgehead atoms. The number of methoxy groups -OCH3 is 1. The fraction of sp³-hybridized carbons (Fsp3) is 0.636. The van der Waals surface area contributed by atoms with Gasteiger partial charge in [0.1, 0.15) is 0 Å². The molecule has 2 fully saturated rings. The van der Waals surface area contributed by atoms with Gasteiger partial charge in [-0.25, -0.2) is 4.79 Å². The normalized spacial score (nSPS) is 20.9. The van der Waals surface area contributed by atoms with Gasteiger partial charge in [-0.2, -0.15) is 0 Å². The zero-order valence-electron chi connectivity index (χ0n) is 10.3. The first-order valence-corrected chi connectivity index (χ1v) is 6.02. The van der Waals surface area contributed by atoms with Crippen LogP contribution in [0.1, 0.15) is 5.76 Å². The quantitative estimate of drug-likeness (QED) is 0.809. The summed E-state index contributed by atoms with van der Waals surface area (Å²) in [6.07, 6.45) is 0. The molecule has 0 unspecified atom stereocenters. The maximum Gasteiger partial charge on any atom is 0.317 e. The van der Waals surface area contributed by atoms with Gasteiger partial charge in [-0.1, -0.05) is 0 Å². The van der Waals surface area contributed by atoms with E-state index in [2.05, 4.69) is 15.4 Å². The summed E-state index contributed by atoms with van der Waals surface area (Å²) in [6.45, 7) is 4.05. The van der Waals surface area contributed by atoms with Gasteiger partial charge < -0.3 is 19.5 Å². The topological polar surface area (TPSA) is 70.8 Å². The number of nitrogens with one attached hydrogen (secondary N) is 1. The predicted octanol–water partition coefficient (Wildman–Crippen LogP) is -0.107. The third-order valence-electron chi connectivity index (χ3n) is 3.39. The Balaban J connectivity index is 1.49. The molecule has 2 aliphatic rings. The molecule has 0 aromatic carbocycles. The van der Waals surface area contributed by atoms with Gasteiger partial charge in [-0.3, -0.25) is 4.90 Å². The highest BCUT2D eigenvalue weighted by atomic mass is 16.5. The van der Waals surface area contributed by atoms with Crippen LogP contribution in [0.15, 0.2) is 10.6 Å². The van der Waals surface area contributed by atoms with E-state index >= 15 is 0 Å². The zero-order valence-corrected chi connectivity index (χ0v) is 10.3. The summed E-state index contributed by atoms with van der Waals surface area (Å²) in [4.78, 5) is 15.6. The molecule has 1 aromatic heterocycles. The van der Waals surface area contributed by atoms with Crippen molar-refractivity contribution in [3.05, 3.63) is 11.8 Å². The fourth-order valence-corrected chi connectivity index (χ4v) is 2.39. The minimum atomic E-state index is 0.0565. The number of carbonyl (C=O) groups is 1. The van der Waals surface area contributed by atoms with Crippen LogP contribution in [0.4, 0.5) is 4.79 Å². The molecule has 0 saturated carbocycles. The molecule has 3 rings (SSSR count). The molecule has 0 spiro atoms. The van der Waals surface area contributed by atoms with Crippen molar-refractivity contribution in [1.29, 1.82) is 0 Å². The Morgan fingerprint density at radius 1 is 1.61 bits per heavy atom. The monoisotopic (exact) mass is 252 g/mol. The van der Waals surface area contributed by atoms with Gasteiger partial charge in [0, 0.05) is 32.2 Å². The maximum atomic E-state index is 11.5. The number of urea groups is 1. The Morgan fingerprint density at radius 2 is 2.44 bits per heavy atom. The van der Waals surface area contributed by atoms with Gasteiger partial charge in [0.25, 0.3) is 5.88 Å². The first-order chi connectivity index (χ1) is 8.76. The molecular weight excluding hydrogens is 236 g/mol. The van der Waals surface area contributed by atoms with Crippen molar-refractivity contribution in [3.63, 3.8) is 0 Å². The van der Waals surface area contributed by atoms with Crippen molar-refractivity contribution in [3.8, 4) is 5.88 Å². The number of ether oxygens (including phenoxy) is 1. The van der Waals surface area contributed by atoms with Gasteiger partial charge >= 0.3 is 6.03 Å². The lowest BCUT2D eigenvalue weighted by molar-refractivity contribution is 0.0521. The lowest BCUT2D eigenvalue weighted by Crippen LogP contribution is -2.59. The van der Waals surface area contributed by atoms with E-state index in [1.165, 1.54) is 0 Å². The number of rotatable bonds is 4. The predicted molar refractivity (Wildman–Crippen MR) is 62.2 cm³/mol. The van der Waals surface area contributed by atoms with Crippen molar-refractivity contribution >= 4 is 6.03 Å². The highest BCUT2D eigenvalue weighted by Gasteiger charge is 2.36. The molecule has 7 nitrogen and oxygen atoms in total. The van der Waals surface area contributed by atoms with E-state index in [4.69, 9.17) is 9.26 Å². The molecule has 1 aromatic rings. The van der Waals surface area contributed by atoms with E-state index < -0.39 is 0 Å². The Labute approximate surface area is 105 Å². The largest absolute Gasteiger partial charge is 0.479 e. The van der Waals surface area contributed by atoms with Crippen LogP contribution in [0.5, 0.6) is 5.88 Å². The molecule has 0 aliphatic carbocycles. The molecule has 2 saturated heterocycles. The third kappa shape index (κ3) is 2.01. The minimum absolute atomic E-state index is 0.0565. The Bertz CT molecular complexity index is 441. The van der Waals surface area contributed by atoms with Gasteiger partial charge in [0.2, 0.25) is 0 Å². The van der Waals surface area contributed by atoms with Crippen LogP contribution in [0.3, 0.4) is 0 Å². The Morgan fingerprint density at radius 3 is 3.06 bits per heavy atom. The zero-order chi connectivity index (χ0) is 12.5. The molecule has 3 heterocycles. The molecule has 2 amide bonds. The fourth-order valence-electron chi connectivity index (χ4n) is 2.39. The third-order valence-corrected chi connectivity index (χ3v) is 3.39. The molecular formula is C11H16N4O3. The second-order valence-corrected chi connectivity index (χ2v) is 4.61. The summed E-state index contributed by atoms with van der Waals surface area (Å²) in [5.41, 5.74) is 0. The highest BCUT2D eigenvalue weighted by molar-refractivity contribution is 5.76. The van der Waals surface area contributed by atoms with Gasteiger partial charge in [-0.15, -0.1) is 0 Å². The van der Waals surface area contributed by atoms with Crippen molar-refractivity contribution in [1.82, 2.24) is 20.3 Å². The molecule has 18 heavy (non-hydrogen) atoms. The van der Waals surface area contributed by atoms with Crippen LogP contribution in [0, 0.1) is 0 Å². The average molecular weight is 252 g/mol. The van der Waals surface area contributed by atoms with Crippen LogP contribution in [-0.2, 0) is 6.54 Å². The molecule has 0 radical (unpaired) electrons. The summed E-state index contributed by atoms with van der Waals surface area (Å²) >= 11 is 0. The van der Waals surface area contributed by atoms with Crippen LogP contribution < -0.4 is 10.1 Å². The standard InChI is InChI=1S/C11H16N4O3/c1-17-10-4-9(18-13-10)7-14-5-8(6-14)15-3-2-12-11(15)16/h4,8H,2-3,5-7H2,1H3,(H,12,16). The SMILES string of the molecule is COc1cc(CN2CC(N3CCNC3=O)C2)on1. The average Bonchev–Trinajstić information content (AvgIpc) is 2.92. The minimum Gasteiger partial charge on any atom is -0.479 e. The lowest BCUT2D eigenvalue weighted by atomic mass is 10.1. The summed E-state index contributed by atoms with van der Waals surface area (Å²) in [7, 11) is 1.56. The van der Waals surface area contributed by atoms with Crippen LogP contribution in [0.25, 0.3) is 0 Å². The second kappa shape index (κ2) is 4.49. The number of carbonyl (C=O) groups excluding carboxylic acids is 1. The number of aromatic nitrogens is 1. The number of likely N-dealkylation sites (tertiary alicyclic amines) is 1. The number of nitrogens with zero attached hydrogens (tertiary/aromatic N) is 3. The molecule has 98 valence electrons. The summed E-state index contributed by atoms with van der Waals surface area (Å²) in [5, 5.41) is 6.57. The molecule has 7 heteroatoms. The Kier molecular flexibility index (Phi) is 2.83. The molecule has 1 N–H and O–H groups in total. The van der Waals surface area contributed by atoms with Crippen molar-refractivity contribution in [2.45, 2.75) is 12.6 Å². The smallest absolute Gasteiger partial charge is 0.317 e. The van der Waals surface area contributed by atoms with E-state index in [0.29, 0.717) is 18.5 Å². The van der Waals surface area contributed by atoms with E-state index in [-0.39, 0.29) is 6.03 Å². The summed E-state index contributed by atoms with van der Waals surface area (Å²) in [5.74, 6) is 1.29. The summed E-state index contributed by atoms with van der Waals surface area (Å²) < 4.78 is 10.1. The van der Waals surface area contributed by atoms with E-state index in [9.17, 15) is 4.79 Å².